The molecule has 96 valence electrons. The van der Waals surface area contributed by atoms with Crippen LogP contribution in [0.5, 0.6) is 5.75 Å². The lowest BCUT2D eigenvalue weighted by Crippen LogP contribution is -2.36. The lowest BCUT2D eigenvalue weighted by Gasteiger charge is -2.25. The molecule has 19 heavy (non-hydrogen) atoms. The van der Waals surface area contributed by atoms with E-state index in [0.717, 1.165) is 11.3 Å². The number of benzene rings is 1. The van der Waals surface area contributed by atoms with Crippen molar-refractivity contribution in [2.45, 2.75) is 6.23 Å². The van der Waals surface area contributed by atoms with Crippen LogP contribution in [0.25, 0.3) is 0 Å². The summed E-state index contributed by atoms with van der Waals surface area (Å²) in [5.41, 5.74) is 0.463. The van der Waals surface area contributed by atoms with Crippen molar-refractivity contribution in [1.82, 2.24) is 5.32 Å². The number of nitro groups is 1. The van der Waals surface area contributed by atoms with E-state index in [9.17, 15) is 14.9 Å². The van der Waals surface area contributed by atoms with Crippen LogP contribution in [0, 0.1) is 10.1 Å². The summed E-state index contributed by atoms with van der Waals surface area (Å²) in [6.45, 7) is 0. The molecule has 2 aromatic rings. The Morgan fingerprint density at radius 2 is 2.05 bits per heavy atom. The Balaban J connectivity index is 1.92. The van der Waals surface area contributed by atoms with Gasteiger partial charge in [0.15, 0.2) is 0 Å². The van der Waals surface area contributed by atoms with Crippen LogP contribution in [0.1, 0.15) is 21.5 Å². The maximum Gasteiger partial charge on any atom is 0.324 e. The van der Waals surface area contributed by atoms with Crippen LogP contribution in [-0.2, 0) is 0 Å². The molecular weight excluding hydrogens is 268 g/mol. The molecule has 1 atom stereocenters. The molecule has 0 bridgehead atoms. The van der Waals surface area contributed by atoms with Gasteiger partial charge in [0.05, 0.1) is 15.4 Å². The summed E-state index contributed by atoms with van der Waals surface area (Å²) >= 11 is 0.985. The highest BCUT2D eigenvalue weighted by Crippen LogP contribution is 2.34. The molecule has 1 aliphatic rings. The molecule has 6 nitrogen and oxygen atoms in total. The Morgan fingerprint density at radius 3 is 2.79 bits per heavy atom. The number of carbonyl (C=O) groups is 1. The third kappa shape index (κ3) is 2.04. The Morgan fingerprint density at radius 1 is 1.26 bits per heavy atom. The van der Waals surface area contributed by atoms with E-state index in [4.69, 9.17) is 4.74 Å². The van der Waals surface area contributed by atoms with Gasteiger partial charge in [0.25, 0.3) is 5.91 Å². The van der Waals surface area contributed by atoms with Crippen molar-refractivity contribution >= 4 is 22.2 Å². The van der Waals surface area contributed by atoms with Gasteiger partial charge in [-0.05, 0) is 18.2 Å². The highest BCUT2D eigenvalue weighted by atomic mass is 32.1. The number of nitrogens with zero attached hydrogens (tertiary/aromatic N) is 1. The number of rotatable bonds is 2. The van der Waals surface area contributed by atoms with Gasteiger partial charge in [-0.15, -0.1) is 0 Å². The summed E-state index contributed by atoms with van der Waals surface area (Å²) < 4.78 is 5.64. The van der Waals surface area contributed by atoms with Gasteiger partial charge >= 0.3 is 5.00 Å². The topological polar surface area (TPSA) is 81.5 Å². The van der Waals surface area contributed by atoms with Crippen molar-refractivity contribution in [2.75, 3.05) is 0 Å². The third-order valence-electron chi connectivity index (χ3n) is 2.69. The zero-order valence-electron chi connectivity index (χ0n) is 9.53. The summed E-state index contributed by atoms with van der Waals surface area (Å²) in [4.78, 5) is 22.7. The van der Waals surface area contributed by atoms with Crippen LogP contribution in [-0.4, -0.2) is 10.8 Å². The van der Waals surface area contributed by atoms with Crippen LogP contribution in [0.15, 0.2) is 36.4 Å². The molecule has 1 aliphatic heterocycles. The predicted octanol–water partition coefficient (Wildman–Crippen LogP) is 2.48. The van der Waals surface area contributed by atoms with E-state index in [-0.39, 0.29) is 10.9 Å². The first-order valence-electron chi connectivity index (χ1n) is 5.46. The van der Waals surface area contributed by atoms with E-state index in [1.807, 2.05) is 0 Å². The van der Waals surface area contributed by atoms with Crippen LogP contribution in [0.3, 0.4) is 0 Å². The Hall–Kier alpha value is -2.41. The molecule has 1 aromatic carbocycles. The normalized spacial score (nSPS) is 17.3. The number of para-hydroxylation sites is 1. The minimum atomic E-state index is -0.680. The number of carbonyl (C=O) groups excluding carboxylic acids is 1. The molecule has 0 saturated heterocycles. The second-order valence-electron chi connectivity index (χ2n) is 3.90. The second kappa shape index (κ2) is 4.36. The van der Waals surface area contributed by atoms with Gasteiger partial charge in [-0.2, -0.15) is 0 Å². The van der Waals surface area contributed by atoms with Crippen molar-refractivity contribution in [2.24, 2.45) is 0 Å². The van der Waals surface area contributed by atoms with Crippen molar-refractivity contribution in [3.05, 3.63) is 57.0 Å². The summed E-state index contributed by atoms with van der Waals surface area (Å²) in [7, 11) is 0. The maximum atomic E-state index is 11.9. The fourth-order valence-electron chi connectivity index (χ4n) is 1.82. The summed E-state index contributed by atoms with van der Waals surface area (Å²) in [6, 6.07) is 9.86. The minimum Gasteiger partial charge on any atom is -0.465 e. The molecule has 0 unspecified atom stereocenters. The molecule has 1 aromatic heterocycles. The monoisotopic (exact) mass is 276 g/mol. The van der Waals surface area contributed by atoms with Crippen LogP contribution in [0.4, 0.5) is 5.00 Å². The fraction of sp³-hybridized carbons (Fsp3) is 0.0833. The van der Waals surface area contributed by atoms with Gasteiger partial charge in [-0.25, -0.2) is 0 Å². The van der Waals surface area contributed by atoms with Gasteiger partial charge in [0.1, 0.15) is 5.75 Å². The number of nitrogens with one attached hydrogen (secondary N) is 1. The van der Waals surface area contributed by atoms with Gasteiger partial charge < -0.3 is 10.1 Å². The molecule has 1 N–H and O–H groups in total. The molecule has 0 fully saturated rings. The van der Waals surface area contributed by atoms with Crippen LogP contribution in [0.2, 0.25) is 0 Å². The molecule has 3 rings (SSSR count). The number of hydrogen-bond acceptors (Lipinski definition) is 5. The quantitative estimate of drug-likeness (QED) is 0.674. The first-order chi connectivity index (χ1) is 9.15. The van der Waals surface area contributed by atoms with Gasteiger partial charge in [0, 0.05) is 6.07 Å². The van der Waals surface area contributed by atoms with E-state index in [1.54, 1.807) is 30.3 Å². The number of hydrogen-bond donors (Lipinski definition) is 1. The number of thiophene rings is 1. The predicted molar refractivity (Wildman–Crippen MR) is 68.3 cm³/mol. The summed E-state index contributed by atoms with van der Waals surface area (Å²) in [5, 5.41) is 13.3. The Bertz CT molecular complexity index is 667. The highest BCUT2D eigenvalue weighted by Gasteiger charge is 2.28. The molecule has 1 amide bonds. The average molecular weight is 276 g/mol. The van der Waals surface area contributed by atoms with E-state index in [1.165, 1.54) is 6.07 Å². The van der Waals surface area contributed by atoms with Crippen molar-refractivity contribution in [3.8, 4) is 5.75 Å². The fourth-order valence-corrected chi connectivity index (χ4v) is 2.62. The smallest absolute Gasteiger partial charge is 0.324 e. The molecule has 2 heterocycles. The summed E-state index contributed by atoms with van der Waals surface area (Å²) in [5.74, 6) is 0.232. The van der Waals surface area contributed by atoms with Gasteiger partial charge in [0.2, 0.25) is 6.23 Å². The third-order valence-corrected chi connectivity index (χ3v) is 3.77. The van der Waals surface area contributed by atoms with Crippen molar-refractivity contribution in [3.63, 3.8) is 0 Å². The Labute approximate surface area is 111 Å². The average Bonchev–Trinajstić information content (AvgIpc) is 2.88. The number of amides is 1. The SMILES string of the molecule is O=C1N[C@@H](c2ccc([N+](=O)[O-])s2)Oc2ccccc21. The minimum absolute atomic E-state index is 0.0201. The molecule has 0 saturated carbocycles. The zero-order valence-corrected chi connectivity index (χ0v) is 10.3. The lowest BCUT2D eigenvalue weighted by atomic mass is 10.1. The molecule has 0 radical (unpaired) electrons. The molecular formula is C12H8N2O4S. The lowest BCUT2D eigenvalue weighted by molar-refractivity contribution is -0.380. The largest absolute Gasteiger partial charge is 0.465 e. The highest BCUT2D eigenvalue weighted by molar-refractivity contribution is 7.15. The van der Waals surface area contributed by atoms with E-state index in [2.05, 4.69) is 5.32 Å². The van der Waals surface area contributed by atoms with Crippen LogP contribution < -0.4 is 10.1 Å². The standard InChI is InChI=1S/C12H8N2O4S/c15-11-7-3-1-2-4-8(7)18-12(13-11)9-5-6-10(19-9)14(16)17/h1-6,12H,(H,13,15)/t12-/m1/s1. The van der Waals surface area contributed by atoms with Crippen LogP contribution >= 0.6 is 11.3 Å². The van der Waals surface area contributed by atoms with Gasteiger partial charge in [-0.3, -0.25) is 14.9 Å². The molecule has 7 heteroatoms. The Kier molecular flexibility index (Phi) is 2.68. The second-order valence-corrected chi connectivity index (χ2v) is 4.99. The molecule has 0 spiro atoms. The first-order valence-corrected chi connectivity index (χ1v) is 6.27. The zero-order chi connectivity index (χ0) is 13.4. The molecule has 0 aliphatic carbocycles. The maximum absolute atomic E-state index is 11.9. The number of fused-ring (bicyclic) bond motifs is 1. The first kappa shape index (κ1) is 11.7. The van der Waals surface area contributed by atoms with Gasteiger partial charge in [-0.1, -0.05) is 23.5 Å². The summed E-state index contributed by atoms with van der Waals surface area (Å²) in [6.07, 6.45) is -0.680. The van der Waals surface area contributed by atoms with E-state index in [0.29, 0.717) is 16.2 Å². The van der Waals surface area contributed by atoms with Crippen molar-refractivity contribution in [1.29, 1.82) is 0 Å². The number of ether oxygens (including phenoxy) is 1. The van der Waals surface area contributed by atoms with Crippen molar-refractivity contribution < 1.29 is 14.5 Å². The van der Waals surface area contributed by atoms with E-state index < -0.39 is 11.2 Å². The van der Waals surface area contributed by atoms with E-state index >= 15 is 0 Å².